The Hall–Kier alpha value is -2.38. The molecule has 7 heteroatoms. The lowest BCUT2D eigenvalue weighted by Crippen LogP contribution is -2.30. The van der Waals surface area contributed by atoms with Crippen molar-refractivity contribution in [2.75, 3.05) is 13.6 Å². The molecule has 1 aliphatic heterocycles. The van der Waals surface area contributed by atoms with Gasteiger partial charge in [0.2, 0.25) is 5.91 Å². The summed E-state index contributed by atoms with van der Waals surface area (Å²) in [6.07, 6.45) is 5.55. The van der Waals surface area contributed by atoms with Crippen LogP contribution in [0.3, 0.4) is 0 Å². The molecule has 2 fully saturated rings. The topological polar surface area (TPSA) is 87.1 Å². The van der Waals surface area contributed by atoms with Gasteiger partial charge < -0.3 is 15.7 Å². The number of fused-ring (bicyclic) bond motifs is 2. The largest absolute Gasteiger partial charge is 0.507 e. The van der Waals surface area contributed by atoms with Crippen molar-refractivity contribution >= 4 is 23.7 Å². The van der Waals surface area contributed by atoms with Crippen molar-refractivity contribution < 1.29 is 9.90 Å². The maximum absolute atomic E-state index is 11.3. The fourth-order valence-corrected chi connectivity index (χ4v) is 5.01. The van der Waals surface area contributed by atoms with Crippen LogP contribution in [-0.4, -0.2) is 46.1 Å². The second-order valence-corrected chi connectivity index (χ2v) is 8.23. The molecule has 2 aromatic rings. The fourth-order valence-electron chi connectivity index (χ4n) is 3.74. The third-order valence-electron chi connectivity index (χ3n) is 5.18. The van der Waals surface area contributed by atoms with Gasteiger partial charge in [0.1, 0.15) is 10.8 Å². The quantitative estimate of drug-likeness (QED) is 0.689. The molecule has 1 amide bonds. The van der Waals surface area contributed by atoms with E-state index < -0.39 is 0 Å². The van der Waals surface area contributed by atoms with Crippen LogP contribution in [0, 0.1) is 5.92 Å². The zero-order chi connectivity index (χ0) is 18.8. The van der Waals surface area contributed by atoms with E-state index in [0.29, 0.717) is 22.5 Å². The number of likely N-dealkylation sites (N-methyl/N-ethyl adjacent to an activating group) is 1. The molecule has 2 bridgehead atoms. The molecule has 0 radical (unpaired) electrons. The number of carbonyl (C=O) groups excluding carboxylic acids is 1. The van der Waals surface area contributed by atoms with Gasteiger partial charge in [-0.2, -0.15) is 0 Å². The molecule has 3 atom stereocenters. The van der Waals surface area contributed by atoms with Gasteiger partial charge in [-0.3, -0.25) is 4.79 Å². The first kappa shape index (κ1) is 18.0. The Morgan fingerprint density at radius 2 is 2.19 bits per heavy atom. The molecule has 4 rings (SSSR count). The first-order valence-corrected chi connectivity index (χ1v) is 9.97. The lowest BCUT2D eigenvalue weighted by atomic mass is 10.1. The van der Waals surface area contributed by atoms with E-state index in [1.165, 1.54) is 18.9 Å². The van der Waals surface area contributed by atoms with Gasteiger partial charge in [-0.1, -0.05) is 6.07 Å². The molecule has 0 spiro atoms. The minimum atomic E-state index is -0.191. The predicted molar refractivity (Wildman–Crippen MR) is 106 cm³/mol. The summed E-state index contributed by atoms with van der Waals surface area (Å²) in [6, 6.07) is 9.79. The van der Waals surface area contributed by atoms with Crippen LogP contribution < -0.4 is 10.6 Å². The number of aromatic nitrogens is 2. The second-order valence-electron chi connectivity index (χ2n) is 6.97. The fraction of sp³-hybridized carbons (Fsp3) is 0.350. The molecule has 2 heterocycles. The lowest BCUT2D eigenvalue weighted by molar-refractivity contribution is -0.115. The Kier molecular flexibility index (Phi) is 5.13. The highest BCUT2D eigenvalue weighted by Gasteiger charge is 2.39. The van der Waals surface area contributed by atoms with E-state index in [9.17, 15) is 9.90 Å². The van der Waals surface area contributed by atoms with Gasteiger partial charge in [-0.15, -0.1) is 22.0 Å². The number of piperidine rings is 1. The maximum Gasteiger partial charge on any atom is 0.243 e. The average Bonchev–Trinajstić information content (AvgIpc) is 3.30. The Balaban J connectivity index is 1.45. The highest BCUT2D eigenvalue weighted by atomic mass is 32.2. The standard InChI is InChI=1S/C20H22N4O2S/c1-21-19(26)6-3-12-2-4-15(17(25)8-12)16-5-7-20(24-23-16)27-18-10-14-9-13(18)11-22-14/h2-8,13-14,18,22,25H,9-11H2,1H3,(H,21,26)/b6-3+/t13?,14?,18-/m1/s1. The van der Waals surface area contributed by atoms with Crippen molar-refractivity contribution in [1.29, 1.82) is 0 Å². The van der Waals surface area contributed by atoms with Gasteiger partial charge in [0.25, 0.3) is 0 Å². The van der Waals surface area contributed by atoms with E-state index in [0.717, 1.165) is 23.1 Å². The third kappa shape index (κ3) is 3.99. The van der Waals surface area contributed by atoms with Crippen LogP contribution in [0.4, 0.5) is 0 Å². The first-order chi connectivity index (χ1) is 13.1. The molecule has 1 saturated heterocycles. The van der Waals surface area contributed by atoms with Crippen LogP contribution >= 0.6 is 11.8 Å². The van der Waals surface area contributed by atoms with Gasteiger partial charge >= 0.3 is 0 Å². The summed E-state index contributed by atoms with van der Waals surface area (Å²) in [7, 11) is 1.57. The summed E-state index contributed by atoms with van der Waals surface area (Å²) in [6.45, 7) is 1.11. The van der Waals surface area contributed by atoms with Crippen LogP contribution in [0.15, 0.2) is 41.4 Å². The van der Waals surface area contributed by atoms with Gasteiger partial charge in [-0.25, -0.2) is 0 Å². The van der Waals surface area contributed by atoms with Crippen LogP contribution in [0.25, 0.3) is 17.3 Å². The molecular weight excluding hydrogens is 360 g/mol. The minimum Gasteiger partial charge on any atom is -0.507 e. The molecule has 27 heavy (non-hydrogen) atoms. The Bertz CT molecular complexity index is 869. The number of nitrogens with zero attached hydrogens (tertiary/aromatic N) is 2. The molecular formula is C20H22N4O2S. The normalized spacial score (nSPS) is 23.8. The Morgan fingerprint density at radius 1 is 1.30 bits per heavy atom. The number of thioether (sulfide) groups is 1. The SMILES string of the molecule is CNC(=O)/C=C/c1ccc(-c2ccc(S[C@@H]3CC4CC3CN4)nn2)c(O)c1. The van der Waals surface area contributed by atoms with Crippen molar-refractivity contribution in [3.63, 3.8) is 0 Å². The molecule has 6 nitrogen and oxygen atoms in total. The molecule has 2 unspecified atom stereocenters. The van der Waals surface area contributed by atoms with E-state index in [1.54, 1.807) is 25.3 Å². The number of rotatable bonds is 5. The molecule has 1 aliphatic carbocycles. The van der Waals surface area contributed by atoms with Gasteiger partial charge in [0.05, 0.1) is 5.69 Å². The third-order valence-corrected chi connectivity index (χ3v) is 6.52. The number of carbonyl (C=O) groups is 1. The second kappa shape index (κ2) is 7.70. The van der Waals surface area contributed by atoms with Crippen LogP contribution in [-0.2, 0) is 4.79 Å². The van der Waals surface area contributed by atoms with Crippen LogP contribution in [0.5, 0.6) is 5.75 Å². The summed E-state index contributed by atoms with van der Waals surface area (Å²) in [5.74, 6) is 0.660. The number of aromatic hydroxyl groups is 1. The van der Waals surface area contributed by atoms with Crippen molar-refractivity contribution in [3.8, 4) is 17.0 Å². The lowest BCUT2D eigenvalue weighted by Gasteiger charge is -2.21. The van der Waals surface area contributed by atoms with Gasteiger partial charge in [0.15, 0.2) is 0 Å². The number of phenolic OH excluding ortho intramolecular Hbond substituents is 1. The average molecular weight is 382 g/mol. The highest BCUT2D eigenvalue weighted by Crippen LogP contribution is 2.41. The van der Waals surface area contributed by atoms with Gasteiger partial charge in [0, 0.05) is 30.0 Å². The molecule has 2 aliphatic rings. The summed E-state index contributed by atoms with van der Waals surface area (Å²) in [5.41, 5.74) is 2.00. The first-order valence-electron chi connectivity index (χ1n) is 9.09. The summed E-state index contributed by atoms with van der Waals surface area (Å²) in [5, 5.41) is 26.6. The van der Waals surface area contributed by atoms with E-state index >= 15 is 0 Å². The number of phenols is 1. The molecule has 1 aromatic heterocycles. The van der Waals surface area contributed by atoms with E-state index in [1.807, 2.05) is 30.0 Å². The van der Waals surface area contributed by atoms with Gasteiger partial charge in [-0.05, 0) is 61.2 Å². The van der Waals surface area contributed by atoms with Crippen molar-refractivity contribution in [2.24, 2.45) is 5.92 Å². The van der Waals surface area contributed by atoms with Crippen molar-refractivity contribution in [3.05, 3.63) is 42.0 Å². The number of hydrogen-bond donors (Lipinski definition) is 3. The van der Waals surface area contributed by atoms with E-state index in [4.69, 9.17) is 0 Å². The minimum absolute atomic E-state index is 0.114. The summed E-state index contributed by atoms with van der Waals surface area (Å²) >= 11 is 1.81. The number of nitrogens with one attached hydrogen (secondary N) is 2. The number of amides is 1. The summed E-state index contributed by atoms with van der Waals surface area (Å²) in [4.78, 5) is 11.3. The Labute approximate surface area is 162 Å². The maximum atomic E-state index is 11.3. The molecule has 1 saturated carbocycles. The number of hydrogen-bond acceptors (Lipinski definition) is 6. The molecule has 140 valence electrons. The zero-order valence-corrected chi connectivity index (χ0v) is 15.9. The van der Waals surface area contributed by atoms with Crippen molar-refractivity contribution in [2.45, 2.75) is 29.2 Å². The highest BCUT2D eigenvalue weighted by molar-refractivity contribution is 7.99. The smallest absolute Gasteiger partial charge is 0.243 e. The monoisotopic (exact) mass is 382 g/mol. The summed E-state index contributed by atoms with van der Waals surface area (Å²) < 4.78 is 0. The van der Waals surface area contributed by atoms with Crippen LogP contribution in [0.1, 0.15) is 18.4 Å². The van der Waals surface area contributed by atoms with Crippen LogP contribution in [0.2, 0.25) is 0 Å². The predicted octanol–water partition coefficient (Wildman–Crippen LogP) is 2.45. The Morgan fingerprint density at radius 3 is 2.81 bits per heavy atom. The van der Waals surface area contributed by atoms with E-state index in [2.05, 4.69) is 20.8 Å². The van der Waals surface area contributed by atoms with Crippen molar-refractivity contribution in [1.82, 2.24) is 20.8 Å². The molecule has 3 N–H and O–H groups in total. The zero-order valence-electron chi connectivity index (χ0n) is 15.1. The van der Waals surface area contributed by atoms with E-state index in [-0.39, 0.29) is 11.7 Å². The molecule has 1 aromatic carbocycles. The number of benzene rings is 1.